The summed E-state index contributed by atoms with van der Waals surface area (Å²) in [4.78, 5) is 33.8. The normalized spacial score (nSPS) is 17.4. The van der Waals surface area contributed by atoms with Gasteiger partial charge in [0.15, 0.2) is 0 Å². The van der Waals surface area contributed by atoms with Crippen LogP contribution in [0.5, 0.6) is 0 Å². The fourth-order valence-corrected chi connectivity index (χ4v) is 5.72. The molecule has 1 aliphatic heterocycles. The first-order valence-corrected chi connectivity index (χ1v) is 11.9. The first kappa shape index (κ1) is 21.0. The number of fused-ring (bicyclic) bond motifs is 1. The molecule has 160 valence electrons. The summed E-state index contributed by atoms with van der Waals surface area (Å²) >= 11 is 1.56. The summed E-state index contributed by atoms with van der Waals surface area (Å²) in [5.41, 5.74) is 2.31. The molecule has 2 aliphatic rings. The third-order valence-electron chi connectivity index (χ3n) is 6.01. The summed E-state index contributed by atoms with van der Waals surface area (Å²) in [5, 5.41) is 6.94. The van der Waals surface area contributed by atoms with Gasteiger partial charge in [-0.3, -0.25) is 14.6 Å². The maximum Gasteiger partial charge on any atom is 0.257 e. The number of hydrogen-bond acceptors (Lipinski definition) is 5. The van der Waals surface area contributed by atoms with Gasteiger partial charge in [-0.1, -0.05) is 6.92 Å². The van der Waals surface area contributed by atoms with Crippen molar-refractivity contribution in [1.82, 2.24) is 15.2 Å². The van der Waals surface area contributed by atoms with Gasteiger partial charge in [0.25, 0.3) is 11.8 Å². The predicted octanol–water partition coefficient (Wildman–Crippen LogP) is 3.88. The van der Waals surface area contributed by atoms with Crippen molar-refractivity contribution in [2.75, 3.05) is 25.0 Å². The monoisotopic (exact) mass is 426 g/mol. The highest BCUT2D eigenvalue weighted by Gasteiger charge is 2.28. The number of aryl methyl sites for hydroxylation is 1. The zero-order chi connectivity index (χ0) is 20.9. The predicted molar refractivity (Wildman–Crippen MR) is 120 cm³/mol. The molecule has 30 heavy (non-hydrogen) atoms. The summed E-state index contributed by atoms with van der Waals surface area (Å²) in [6.45, 7) is 5.40. The van der Waals surface area contributed by atoms with Crippen LogP contribution in [-0.2, 0) is 12.8 Å². The fourth-order valence-electron chi connectivity index (χ4n) is 4.44. The van der Waals surface area contributed by atoms with Crippen LogP contribution in [0.1, 0.15) is 70.2 Å². The SMILES string of the molecule is CCCN1CCC(NC(=O)c2c(NC(=O)c3cccnc3)sc3c2CCCC3)CC1. The van der Waals surface area contributed by atoms with Crippen LogP contribution < -0.4 is 10.6 Å². The number of pyridine rings is 1. The molecule has 2 aromatic heterocycles. The van der Waals surface area contributed by atoms with E-state index in [0.29, 0.717) is 16.1 Å². The van der Waals surface area contributed by atoms with Gasteiger partial charge in [-0.2, -0.15) is 0 Å². The molecule has 1 saturated heterocycles. The number of aromatic nitrogens is 1. The van der Waals surface area contributed by atoms with E-state index < -0.39 is 0 Å². The molecule has 1 fully saturated rings. The minimum Gasteiger partial charge on any atom is -0.349 e. The quantitative estimate of drug-likeness (QED) is 0.735. The van der Waals surface area contributed by atoms with Crippen LogP contribution in [0, 0.1) is 0 Å². The number of hydrogen-bond donors (Lipinski definition) is 2. The number of amides is 2. The van der Waals surface area contributed by atoms with Crippen LogP contribution in [0.25, 0.3) is 0 Å². The Hall–Kier alpha value is -2.25. The second-order valence-electron chi connectivity index (χ2n) is 8.20. The molecule has 2 aromatic rings. The lowest BCUT2D eigenvalue weighted by Crippen LogP contribution is -2.45. The average molecular weight is 427 g/mol. The first-order valence-electron chi connectivity index (χ1n) is 11.0. The van der Waals surface area contributed by atoms with Crippen molar-refractivity contribution < 1.29 is 9.59 Å². The van der Waals surface area contributed by atoms with Gasteiger partial charge in [0.2, 0.25) is 0 Å². The fraction of sp³-hybridized carbons (Fsp3) is 0.522. The standard InChI is InChI=1S/C23H30N4O2S/c1-2-12-27-13-9-17(10-14-27)25-22(29)20-18-7-3-4-8-19(18)30-23(20)26-21(28)16-6-5-11-24-15-16/h5-6,11,15,17H,2-4,7-10,12-14H2,1H3,(H,25,29)(H,26,28). The number of carbonyl (C=O) groups excluding carboxylic acids is 2. The zero-order valence-corrected chi connectivity index (χ0v) is 18.4. The maximum absolute atomic E-state index is 13.3. The van der Waals surface area contributed by atoms with Crippen molar-refractivity contribution in [2.45, 2.75) is 57.9 Å². The molecule has 2 amide bonds. The van der Waals surface area contributed by atoms with Gasteiger partial charge in [0, 0.05) is 36.4 Å². The zero-order valence-electron chi connectivity index (χ0n) is 17.6. The van der Waals surface area contributed by atoms with Gasteiger partial charge in [-0.25, -0.2) is 0 Å². The van der Waals surface area contributed by atoms with E-state index in [1.807, 2.05) is 0 Å². The van der Waals surface area contributed by atoms with E-state index in [4.69, 9.17) is 0 Å². The number of anilines is 1. The molecule has 3 heterocycles. The number of piperidine rings is 1. The number of nitrogens with one attached hydrogen (secondary N) is 2. The van der Waals surface area contributed by atoms with Crippen molar-refractivity contribution >= 4 is 28.2 Å². The number of likely N-dealkylation sites (tertiary alicyclic amines) is 1. The third kappa shape index (κ3) is 4.73. The molecule has 0 saturated carbocycles. The lowest BCUT2D eigenvalue weighted by molar-refractivity contribution is 0.0911. The number of nitrogens with zero attached hydrogens (tertiary/aromatic N) is 2. The van der Waals surface area contributed by atoms with E-state index >= 15 is 0 Å². The Morgan fingerprint density at radius 3 is 2.73 bits per heavy atom. The van der Waals surface area contributed by atoms with Gasteiger partial charge in [0.1, 0.15) is 5.00 Å². The van der Waals surface area contributed by atoms with E-state index in [1.54, 1.807) is 35.9 Å². The van der Waals surface area contributed by atoms with Crippen LogP contribution in [0.3, 0.4) is 0 Å². The molecule has 0 atom stereocenters. The Morgan fingerprint density at radius 1 is 1.20 bits per heavy atom. The van der Waals surface area contributed by atoms with Gasteiger partial charge < -0.3 is 15.5 Å². The number of thiophene rings is 1. The van der Waals surface area contributed by atoms with Crippen LogP contribution in [-0.4, -0.2) is 47.4 Å². The van der Waals surface area contributed by atoms with Crippen LogP contribution >= 0.6 is 11.3 Å². The summed E-state index contributed by atoms with van der Waals surface area (Å²) in [5.74, 6) is -0.256. The third-order valence-corrected chi connectivity index (χ3v) is 7.22. The molecule has 0 bridgehead atoms. The second kappa shape index (κ2) is 9.71. The highest BCUT2D eigenvalue weighted by Crippen LogP contribution is 2.38. The van der Waals surface area contributed by atoms with Crippen LogP contribution in [0.2, 0.25) is 0 Å². The summed E-state index contributed by atoms with van der Waals surface area (Å²) < 4.78 is 0. The van der Waals surface area contributed by atoms with Gasteiger partial charge in [-0.15, -0.1) is 11.3 Å². The summed E-state index contributed by atoms with van der Waals surface area (Å²) in [7, 11) is 0. The van der Waals surface area contributed by atoms with Crippen molar-refractivity contribution in [3.8, 4) is 0 Å². The Bertz CT molecular complexity index is 888. The minimum absolute atomic E-state index is 0.0372. The number of rotatable bonds is 6. The summed E-state index contributed by atoms with van der Waals surface area (Å²) in [6, 6.07) is 3.68. The van der Waals surface area contributed by atoms with Gasteiger partial charge in [0.05, 0.1) is 11.1 Å². The average Bonchev–Trinajstić information content (AvgIpc) is 3.14. The molecule has 6 nitrogen and oxygen atoms in total. The highest BCUT2D eigenvalue weighted by atomic mass is 32.1. The van der Waals surface area contributed by atoms with E-state index in [0.717, 1.165) is 70.1 Å². The maximum atomic E-state index is 13.3. The molecular formula is C23H30N4O2S. The minimum atomic E-state index is -0.219. The molecule has 0 unspecified atom stereocenters. The van der Waals surface area contributed by atoms with Crippen LogP contribution in [0.4, 0.5) is 5.00 Å². The molecule has 0 radical (unpaired) electrons. The Morgan fingerprint density at radius 2 is 2.00 bits per heavy atom. The van der Waals surface area contributed by atoms with E-state index in [9.17, 15) is 9.59 Å². The lowest BCUT2D eigenvalue weighted by Gasteiger charge is -2.32. The molecular weight excluding hydrogens is 396 g/mol. The Labute approximate surface area is 182 Å². The molecule has 1 aliphatic carbocycles. The van der Waals surface area contributed by atoms with Gasteiger partial charge >= 0.3 is 0 Å². The molecule has 2 N–H and O–H groups in total. The summed E-state index contributed by atoms with van der Waals surface area (Å²) in [6.07, 6.45) is 10.4. The molecule has 0 aromatic carbocycles. The smallest absolute Gasteiger partial charge is 0.257 e. The topological polar surface area (TPSA) is 74.3 Å². The highest BCUT2D eigenvalue weighted by molar-refractivity contribution is 7.17. The lowest BCUT2D eigenvalue weighted by atomic mass is 9.94. The molecule has 4 rings (SSSR count). The van der Waals surface area contributed by atoms with E-state index in [-0.39, 0.29) is 17.9 Å². The first-order chi connectivity index (χ1) is 14.7. The largest absolute Gasteiger partial charge is 0.349 e. The van der Waals surface area contributed by atoms with E-state index in [1.165, 1.54) is 4.88 Å². The van der Waals surface area contributed by atoms with Crippen molar-refractivity contribution in [1.29, 1.82) is 0 Å². The molecule has 7 heteroatoms. The van der Waals surface area contributed by atoms with Gasteiger partial charge in [-0.05, 0) is 69.2 Å². The van der Waals surface area contributed by atoms with Crippen molar-refractivity contribution in [3.05, 3.63) is 46.1 Å². The van der Waals surface area contributed by atoms with Crippen LogP contribution in [0.15, 0.2) is 24.5 Å². The van der Waals surface area contributed by atoms with Crippen molar-refractivity contribution in [3.63, 3.8) is 0 Å². The second-order valence-corrected chi connectivity index (χ2v) is 9.31. The number of carbonyl (C=O) groups is 2. The Balaban J connectivity index is 1.51. The molecule has 0 spiro atoms. The Kier molecular flexibility index (Phi) is 6.79. The van der Waals surface area contributed by atoms with E-state index in [2.05, 4.69) is 27.4 Å². The van der Waals surface area contributed by atoms with Crippen molar-refractivity contribution in [2.24, 2.45) is 0 Å².